The molecule has 0 saturated carbocycles. The van der Waals surface area contributed by atoms with Crippen molar-refractivity contribution in [2.75, 3.05) is 6.61 Å². The van der Waals surface area contributed by atoms with Crippen LogP contribution < -0.4 is 4.74 Å². The van der Waals surface area contributed by atoms with Gasteiger partial charge >= 0.3 is 0 Å². The van der Waals surface area contributed by atoms with Gasteiger partial charge in [-0.05, 0) is 114 Å². The summed E-state index contributed by atoms with van der Waals surface area (Å²) in [7, 11) is 0. The molecule has 0 heterocycles. The van der Waals surface area contributed by atoms with Gasteiger partial charge in [0.05, 0.1) is 6.61 Å². The Morgan fingerprint density at radius 3 is 1.37 bits per heavy atom. The molecule has 9 aromatic carbocycles. The number of hydrogen-bond donors (Lipinski definition) is 0. The molecule has 54 heavy (non-hydrogen) atoms. The van der Waals surface area contributed by atoms with E-state index in [0.29, 0.717) is 41.0 Å². The van der Waals surface area contributed by atoms with E-state index in [2.05, 4.69) is 72.8 Å². The number of Topliss-reactive ketones (excluding diaryl/α,β-unsaturated/α-hetero) is 1. The first kappa shape index (κ1) is 33.7. The van der Waals surface area contributed by atoms with Crippen molar-refractivity contribution in [2.45, 2.75) is 46.5 Å². The lowest BCUT2D eigenvalue weighted by molar-refractivity contribution is -0.126. The fraction of sp³-hybridized carbons (Fsp3) is 0.180. The lowest BCUT2D eigenvalue weighted by Crippen LogP contribution is -2.19. The summed E-state index contributed by atoms with van der Waals surface area (Å²) in [5, 5.41) is 12.9. The Hall–Kier alpha value is -6.13. The molecule has 0 atom stereocenters. The quantitative estimate of drug-likeness (QED) is 0.0764. The maximum Gasteiger partial charge on any atom is 0.193 e. The number of rotatable bonds is 11. The van der Waals surface area contributed by atoms with E-state index >= 15 is 0 Å². The van der Waals surface area contributed by atoms with Gasteiger partial charge in [-0.3, -0.25) is 14.4 Å². The Labute approximate surface area is 314 Å². The van der Waals surface area contributed by atoms with Gasteiger partial charge in [0.2, 0.25) is 0 Å². The highest BCUT2D eigenvalue weighted by Crippen LogP contribution is 2.39. The molecule has 0 aromatic heterocycles. The molecular formula is C50H40O4. The van der Waals surface area contributed by atoms with E-state index in [-0.39, 0.29) is 22.8 Å². The average molecular weight is 705 g/mol. The van der Waals surface area contributed by atoms with Crippen molar-refractivity contribution in [1.82, 2.24) is 0 Å². The Kier molecular flexibility index (Phi) is 8.15. The summed E-state index contributed by atoms with van der Waals surface area (Å²) in [5.74, 6) is 0.411. The van der Waals surface area contributed by atoms with Crippen LogP contribution in [0, 0.1) is 5.41 Å². The zero-order valence-corrected chi connectivity index (χ0v) is 30.8. The maximum atomic E-state index is 14.7. The zero-order valence-electron chi connectivity index (χ0n) is 30.8. The Morgan fingerprint density at radius 2 is 0.907 bits per heavy atom. The molecule has 0 unspecified atom stereocenters. The van der Waals surface area contributed by atoms with E-state index in [1.54, 1.807) is 18.2 Å². The second kappa shape index (κ2) is 13.1. The van der Waals surface area contributed by atoms with Crippen molar-refractivity contribution >= 4 is 82.0 Å². The van der Waals surface area contributed by atoms with Crippen LogP contribution in [0.3, 0.4) is 0 Å². The normalized spacial score (nSPS) is 12.2. The second-order valence-electron chi connectivity index (χ2n) is 15.7. The lowest BCUT2D eigenvalue weighted by Gasteiger charge is -2.16. The van der Waals surface area contributed by atoms with E-state index < -0.39 is 0 Å². The Morgan fingerprint density at radius 1 is 0.481 bits per heavy atom. The molecule has 0 aliphatic rings. The van der Waals surface area contributed by atoms with Crippen LogP contribution >= 0.6 is 0 Å². The predicted molar refractivity (Wildman–Crippen MR) is 222 cm³/mol. The fourth-order valence-electron chi connectivity index (χ4n) is 8.25. The summed E-state index contributed by atoms with van der Waals surface area (Å²) in [4.78, 5) is 41.7. The van der Waals surface area contributed by atoms with Gasteiger partial charge in [0.1, 0.15) is 11.5 Å². The fourth-order valence-corrected chi connectivity index (χ4v) is 8.25. The number of hydrogen-bond acceptors (Lipinski definition) is 4. The van der Waals surface area contributed by atoms with Crippen LogP contribution in [0.25, 0.3) is 64.6 Å². The summed E-state index contributed by atoms with van der Waals surface area (Å²) in [6.45, 7) is 6.27. The van der Waals surface area contributed by atoms with Crippen molar-refractivity contribution < 1.29 is 19.1 Å². The van der Waals surface area contributed by atoms with Crippen molar-refractivity contribution in [3.8, 4) is 5.75 Å². The summed E-state index contributed by atoms with van der Waals surface area (Å²) in [6.07, 6.45) is 2.94. The molecule has 0 aliphatic carbocycles. The number of carbonyl (C=O) groups is 3. The molecule has 0 bridgehead atoms. The van der Waals surface area contributed by atoms with Gasteiger partial charge in [-0.2, -0.15) is 0 Å². The van der Waals surface area contributed by atoms with E-state index in [0.717, 1.165) is 83.9 Å². The average Bonchev–Trinajstić information content (AvgIpc) is 3.19. The van der Waals surface area contributed by atoms with Crippen LogP contribution in [0.5, 0.6) is 5.75 Å². The van der Waals surface area contributed by atoms with Crippen molar-refractivity contribution in [2.24, 2.45) is 5.41 Å². The Balaban J connectivity index is 1.10. The highest BCUT2D eigenvalue weighted by Gasteiger charge is 2.23. The molecule has 0 fully saturated rings. The van der Waals surface area contributed by atoms with Crippen molar-refractivity contribution in [3.63, 3.8) is 0 Å². The first-order valence-electron chi connectivity index (χ1n) is 18.9. The number of carbonyl (C=O) groups excluding carboxylic acids is 3. The highest BCUT2D eigenvalue weighted by atomic mass is 16.5. The SMILES string of the molecule is CC(C)(C)C(=O)CCCCCOc1cc(C(=O)c2ccc3ccc4cccc5ccc2c3c45)cc(C(=O)c2ccc3ccc4cccc5ccc2c3c45)c1. The number of benzene rings is 9. The molecule has 0 amide bonds. The largest absolute Gasteiger partial charge is 0.494 e. The number of ether oxygens (including phenoxy) is 1. The number of ketones is 3. The minimum Gasteiger partial charge on any atom is -0.494 e. The zero-order chi connectivity index (χ0) is 37.1. The van der Waals surface area contributed by atoms with Gasteiger partial charge in [0.15, 0.2) is 11.6 Å². The van der Waals surface area contributed by atoms with E-state index in [4.69, 9.17) is 4.74 Å². The molecule has 4 nitrogen and oxygen atoms in total. The molecule has 0 radical (unpaired) electrons. The number of unbranched alkanes of at least 4 members (excludes halogenated alkanes) is 2. The van der Waals surface area contributed by atoms with Gasteiger partial charge in [-0.15, -0.1) is 0 Å². The van der Waals surface area contributed by atoms with Crippen molar-refractivity contribution in [3.05, 3.63) is 150 Å². The molecule has 0 spiro atoms. The van der Waals surface area contributed by atoms with Crippen LogP contribution in [-0.4, -0.2) is 24.0 Å². The molecule has 0 N–H and O–H groups in total. The van der Waals surface area contributed by atoms with Crippen LogP contribution in [0.4, 0.5) is 0 Å². The van der Waals surface area contributed by atoms with Crippen LogP contribution in [-0.2, 0) is 4.79 Å². The van der Waals surface area contributed by atoms with E-state index in [1.165, 1.54) is 0 Å². The van der Waals surface area contributed by atoms with Gasteiger partial charge in [0.25, 0.3) is 0 Å². The molecular weight excluding hydrogens is 665 g/mol. The van der Waals surface area contributed by atoms with Gasteiger partial charge in [-0.1, -0.05) is 118 Å². The van der Waals surface area contributed by atoms with E-state index in [9.17, 15) is 14.4 Å². The minimum absolute atomic E-state index is 0.163. The second-order valence-corrected chi connectivity index (χ2v) is 15.7. The minimum atomic E-state index is -0.337. The van der Waals surface area contributed by atoms with Gasteiger partial charge < -0.3 is 4.74 Å². The third-order valence-electron chi connectivity index (χ3n) is 11.1. The first-order chi connectivity index (χ1) is 26.2. The predicted octanol–water partition coefficient (Wildman–Crippen LogP) is 12.5. The summed E-state index contributed by atoms with van der Waals surface area (Å²) >= 11 is 0. The monoisotopic (exact) mass is 704 g/mol. The van der Waals surface area contributed by atoms with Crippen LogP contribution in [0.2, 0.25) is 0 Å². The lowest BCUT2D eigenvalue weighted by atomic mass is 9.88. The summed E-state index contributed by atoms with van der Waals surface area (Å²) in [5.41, 5.74) is 1.64. The third kappa shape index (κ3) is 5.74. The van der Waals surface area contributed by atoms with Gasteiger partial charge in [-0.25, -0.2) is 0 Å². The van der Waals surface area contributed by atoms with E-state index in [1.807, 2.05) is 57.2 Å². The smallest absolute Gasteiger partial charge is 0.193 e. The molecule has 9 rings (SSSR count). The molecule has 0 saturated heterocycles. The first-order valence-corrected chi connectivity index (χ1v) is 18.9. The topological polar surface area (TPSA) is 60.4 Å². The molecule has 9 aromatic rings. The summed E-state index contributed by atoms with van der Waals surface area (Å²) < 4.78 is 6.30. The Bertz CT molecular complexity index is 2720. The van der Waals surface area contributed by atoms with Gasteiger partial charge in [0, 0.05) is 34.1 Å². The van der Waals surface area contributed by atoms with Crippen LogP contribution in [0.15, 0.2) is 127 Å². The molecule has 4 heteroatoms. The molecule has 264 valence electrons. The van der Waals surface area contributed by atoms with Crippen molar-refractivity contribution in [1.29, 1.82) is 0 Å². The third-order valence-corrected chi connectivity index (χ3v) is 11.1. The summed E-state index contributed by atoms with van der Waals surface area (Å²) in [6, 6.07) is 42.4. The highest BCUT2D eigenvalue weighted by molar-refractivity contribution is 6.30. The standard InChI is InChI=1S/C50H40O4/c1-50(2,3)43(51)13-5-4-6-26-54-38-28-36(48(52)41-24-20-34-16-14-30-9-7-11-32-18-22-39(41)46(34)44(30)32)27-37(29-38)49(53)42-25-21-35-17-15-31-10-8-12-33-19-23-40(42)47(35)45(31)33/h7-12,14-25,27-29H,4-6,13,26H2,1-3H3. The molecule has 0 aliphatic heterocycles. The maximum absolute atomic E-state index is 14.7. The van der Waals surface area contributed by atoms with Crippen LogP contribution in [0.1, 0.15) is 78.3 Å².